The van der Waals surface area contributed by atoms with E-state index >= 15 is 0 Å². The lowest BCUT2D eigenvalue weighted by Gasteiger charge is -2.22. The molecule has 27 heavy (non-hydrogen) atoms. The van der Waals surface area contributed by atoms with Crippen LogP contribution in [0.5, 0.6) is 11.5 Å². The van der Waals surface area contributed by atoms with Gasteiger partial charge in [0.25, 0.3) is 5.91 Å². The van der Waals surface area contributed by atoms with E-state index in [1.54, 1.807) is 31.6 Å². The van der Waals surface area contributed by atoms with Gasteiger partial charge in [-0.25, -0.2) is 4.98 Å². The molecule has 0 aliphatic carbocycles. The Kier molecular flexibility index (Phi) is 4.61. The molecule has 2 aromatic carbocycles. The Balaban J connectivity index is 1.75. The molecule has 0 fully saturated rings. The number of amides is 1. The highest BCUT2D eigenvalue weighted by atomic mass is 79.9. The number of imidazole rings is 1. The van der Waals surface area contributed by atoms with Crippen molar-refractivity contribution in [3.05, 3.63) is 70.2 Å². The van der Waals surface area contributed by atoms with Crippen LogP contribution in [0.4, 0.5) is 0 Å². The highest BCUT2D eigenvalue weighted by Crippen LogP contribution is 2.30. The Bertz CT molecular complexity index is 1020. The van der Waals surface area contributed by atoms with Crippen LogP contribution in [0.3, 0.4) is 0 Å². The quantitative estimate of drug-likeness (QED) is 0.635. The smallest absolute Gasteiger partial charge is 0.273 e. The molecule has 1 aliphatic rings. The maximum absolute atomic E-state index is 13.2. The number of ether oxygens (including phenoxy) is 2. The lowest BCUT2D eigenvalue weighted by molar-refractivity contribution is 0.0726. The van der Waals surface area contributed by atoms with Crippen LogP contribution >= 0.6 is 15.9 Å². The molecule has 1 amide bonds. The van der Waals surface area contributed by atoms with Gasteiger partial charge in [-0.05, 0) is 35.9 Å². The lowest BCUT2D eigenvalue weighted by atomic mass is 10.1. The van der Waals surface area contributed by atoms with Crippen molar-refractivity contribution >= 4 is 21.8 Å². The van der Waals surface area contributed by atoms with E-state index in [0.29, 0.717) is 30.3 Å². The van der Waals surface area contributed by atoms with Crippen molar-refractivity contribution in [1.29, 1.82) is 0 Å². The maximum atomic E-state index is 13.2. The van der Waals surface area contributed by atoms with Crippen LogP contribution in [0.25, 0.3) is 5.69 Å². The number of hydrogen-bond acceptors (Lipinski definition) is 4. The van der Waals surface area contributed by atoms with E-state index in [9.17, 15) is 4.79 Å². The van der Waals surface area contributed by atoms with Crippen molar-refractivity contribution in [2.45, 2.75) is 13.1 Å². The second-order valence-electron chi connectivity index (χ2n) is 6.26. The van der Waals surface area contributed by atoms with Crippen LogP contribution < -0.4 is 9.47 Å². The zero-order valence-electron chi connectivity index (χ0n) is 15.0. The van der Waals surface area contributed by atoms with E-state index in [-0.39, 0.29) is 5.91 Å². The van der Waals surface area contributed by atoms with Gasteiger partial charge in [0.15, 0.2) is 0 Å². The molecule has 0 radical (unpaired) electrons. The molecule has 0 bridgehead atoms. The third kappa shape index (κ3) is 3.19. The minimum Gasteiger partial charge on any atom is -0.497 e. The topological polar surface area (TPSA) is 56.6 Å². The lowest BCUT2D eigenvalue weighted by Crippen LogP contribution is -2.29. The largest absolute Gasteiger partial charge is 0.497 e. The molecular formula is C20H18BrN3O3. The van der Waals surface area contributed by atoms with Crippen LogP contribution in [0.2, 0.25) is 0 Å². The summed E-state index contributed by atoms with van der Waals surface area (Å²) in [4.78, 5) is 19.1. The normalized spacial score (nSPS) is 13.0. The van der Waals surface area contributed by atoms with E-state index in [4.69, 9.17) is 9.47 Å². The summed E-state index contributed by atoms with van der Waals surface area (Å²) in [6, 6.07) is 11.6. The molecule has 3 aromatic rings. The second-order valence-corrected chi connectivity index (χ2v) is 7.18. The highest BCUT2D eigenvalue weighted by molar-refractivity contribution is 9.10. The molecule has 1 aliphatic heterocycles. The predicted octanol–water partition coefficient (Wildman–Crippen LogP) is 3.81. The van der Waals surface area contributed by atoms with Crippen LogP contribution in [-0.2, 0) is 13.1 Å². The fraction of sp³-hybridized carbons (Fsp3) is 0.200. The summed E-state index contributed by atoms with van der Waals surface area (Å²) in [6.45, 7) is 0.910. The van der Waals surface area contributed by atoms with Crippen molar-refractivity contribution in [2.24, 2.45) is 0 Å². The standard InChI is InChI=1S/C20H18BrN3O3/c1-26-16-5-3-13(19(8-16)27-2)10-23-11-14-7-15(21)4-6-17(14)24-12-22-9-18(24)20(23)25/h3-9,12H,10-11H2,1-2H3. The van der Waals surface area contributed by atoms with Gasteiger partial charge in [0.2, 0.25) is 0 Å². The summed E-state index contributed by atoms with van der Waals surface area (Å²) in [5, 5.41) is 0. The van der Waals surface area contributed by atoms with Crippen LogP contribution in [0, 0.1) is 0 Å². The molecular weight excluding hydrogens is 410 g/mol. The number of halogens is 1. The number of benzene rings is 2. The molecule has 4 rings (SSSR count). The first kappa shape index (κ1) is 17.6. The SMILES string of the molecule is COc1ccc(CN2Cc3cc(Br)ccc3-n3cncc3C2=O)c(OC)c1. The Morgan fingerprint density at radius 1 is 1.15 bits per heavy atom. The number of hydrogen-bond donors (Lipinski definition) is 0. The zero-order valence-corrected chi connectivity index (χ0v) is 16.6. The number of carbonyl (C=O) groups excluding carboxylic acids is 1. The monoisotopic (exact) mass is 427 g/mol. The van der Waals surface area contributed by atoms with Crippen LogP contribution in [0.15, 0.2) is 53.4 Å². The summed E-state index contributed by atoms with van der Waals surface area (Å²) >= 11 is 3.52. The van der Waals surface area contributed by atoms with Crippen LogP contribution in [-0.4, -0.2) is 34.6 Å². The third-order valence-electron chi connectivity index (χ3n) is 4.66. The average Bonchev–Trinajstić information content (AvgIpc) is 3.13. The first-order chi connectivity index (χ1) is 13.1. The number of fused-ring (bicyclic) bond motifs is 3. The van der Waals surface area contributed by atoms with E-state index in [1.165, 1.54) is 0 Å². The minimum atomic E-state index is -0.0716. The number of nitrogens with zero attached hydrogens (tertiary/aromatic N) is 3. The number of methoxy groups -OCH3 is 2. The van der Waals surface area contributed by atoms with E-state index < -0.39 is 0 Å². The van der Waals surface area contributed by atoms with Gasteiger partial charge in [0.1, 0.15) is 17.2 Å². The van der Waals surface area contributed by atoms with E-state index in [0.717, 1.165) is 21.3 Å². The molecule has 0 N–H and O–H groups in total. The summed E-state index contributed by atoms with van der Waals surface area (Å²) in [5.41, 5.74) is 3.46. The van der Waals surface area contributed by atoms with Gasteiger partial charge in [0, 0.05) is 22.6 Å². The van der Waals surface area contributed by atoms with Gasteiger partial charge in [-0.2, -0.15) is 0 Å². The molecule has 138 valence electrons. The molecule has 1 aromatic heterocycles. The fourth-order valence-electron chi connectivity index (χ4n) is 3.32. The van der Waals surface area contributed by atoms with E-state index in [2.05, 4.69) is 20.9 Å². The van der Waals surface area contributed by atoms with Crippen molar-refractivity contribution in [3.8, 4) is 17.2 Å². The Morgan fingerprint density at radius 2 is 2.00 bits per heavy atom. The first-order valence-electron chi connectivity index (χ1n) is 8.42. The molecule has 0 atom stereocenters. The number of carbonyl (C=O) groups is 1. The predicted molar refractivity (Wildman–Crippen MR) is 104 cm³/mol. The van der Waals surface area contributed by atoms with Gasteiger partial charge in [-0.3, -0.25) is 9.36 Å². The molecule has 0 spiro atoms. The minimum absolute atomic E-state index is 0.0716. The third-order valence-corrected chi connectivity index (χ3v) is 5.16. The molecule has 0 saturated carbocycles. The van der Waals surface area contributed by atoms with Crippen molar-refractivity contribution < 1.29 is 14.3 Å². The molecule has 0 unspecified atom stereocenters. The fourth-order valence-corrected chi connectivity index (χ4v) is 3.72. The van der Waals surface area contributed by atoms with Gasteiger partial charge in [-0.15, -0.1) is 0 Å². The molecule has 2 heterocycles. The molecule has 7 heteroatoms. The van der Waals surface area contributed by atoms with E-state index in [1.807, 2.05) is 41.0 Å². The average molecular weight is 428 g/mol. The molecule has 0 saturated heterocycles. The van der Waals surface area contributed by atoms with Gasteiger partial charge in [-0.1, -0.05) is 15.9 Å². The number of rotatable bonds is 4. The zero-order chi connectivity index (χ0) is 19.0. The van der Waals surface area contributed by atoms with Crippen LogP contribution in [0.1, 0.15) is 21.6 Å². The second kappa shape index (κ2) is 7.08. The summed E-state index contributed by atoms with van der Waals surface area (Å²) in [7, 11) is 3.23. The van der Waals surface area contributed by atoms with Gasteiger partial charge in [0.05, 0.1) is 39.0 Å². The number of aromatic nitrogens is 2. The summed E-state index contributed by atoms with van der Waals surface area (Å²) < 4.78 is 13.6. The Hall–Kier alpha value is -2.80. The maximum Gasteiger partial charge on any atom is 0.273 e. The highest BCUT2D eigenvalue weighted by Gasteiger charge is 2.27. The Morgan fingerprint density at radius 3 is 2.78 bits per heavy atom. The molecule has 6 nitrogen and oxygen atoms in total. The first-order valence-corrected chi connectivity index (χ1v) is 9.21. The van der Waals surface area contributed by atoms with Gasteiger partial charge >= 0.3 is 0 Å². The Labute approximate surface area is 165 Å². The van der Waals surface area contributed by atoms with Crippen molar-refractivity contribution in [2.75, 3.05) is 14.2 Å². The summed E-state index contributed by atoms with van der Waals surface area (Å²) in [6.07, 6.45) is 3.29. The summed E-state index contributed by atoms with van der Waals surface area (Å²) in [5.74, 6) is 1.33. The van der Waals surface area contributed by atoms with Crippen molar-refractivity contribution in [3.63, 3.8) is 0 Å². The van der Waals surface area contributed by atoms with Gasteiger partial charge < -0.3 is 14.4 Å². The van der Waals surface area contributed by atoms with Crippen molar-refractivity contribution in [1.82, 2.24) is 14.5 Å².